The van der Waals surface area contributed by atoms with Gasteiger partial charge >= 0.3 is 5.97 Å². The third-order valence-electron chi connectivity index (χ3n) is 2.54. The van der Waals surface area contributed by atoms with Crippen LogP contribution < -0.4 is 5.73 Å². The number of carbonyl (C=O) groups is 1. The van der Waals surface area contributed by atoms with Gasteiger partial charge in [0.25, 0.3) is 0 Å². The quantitative estimate of drug-likeness (QED) is 0.745. The van der Waals surface area contributed by atoms with E-state index in [1.54, 1.807) is 13.8 Å². The third-order valence-corrected chi connectivity index (χ3v) is 2.54. The molecule has 16 heavy (non-hydrogen) atoms. The third kappa shape index (κ3) is 4.94. The van der Waals surface area contributed by atoms with Gasteiger partial charge in [-0.1, -0.05) is 0 Å². The molecule has 0 radical (unpaired) electrons. The molecule has 0 aromatic rings. The van der Waals surface area contributed by atoms with Gasteiger partial charge < -0.3 is 15.2 Å². The van der Waals surface area contributed by atoms with Gasteiger partial charge in [0.2, 0.25) is 0 Å². The van der Waals surface area contributed by atoms with Crippen molar-refractivity contribution in [2.45, 2.75) is 64.2 Å². The van der Waals surface area contributed by atoms with Gasteiger partial charge in [0.15, 0.2) is 0 Å². The summed E-state index contributed by atoms with van der Waals surface area (Å²) in [4.78, 5) is 11.6. The molecule has 0 spiro atoms. The first kappa shape index (κ1) is 11.9. The van der Waals surface area contributed by atoms with E-state index in [1.165, 1.54) is 0 Å². The summed E-state index contributed by atoms with van der Waals surface area (Å²) in [6, 6.07) is -0.749. The topological polar surface area (TPSA) is 61.5 Å². The molecule has 1 saturated carbocycles. The SMILES string of the molecule is [2H]CC(C)(C)OC[C@H](N)C(=O)OC1CCCC1. The molecule has 0 aromatic heterocycles. The van der Waals surface area contributed by atoms with Crippen molar-refractivity contribution in [1.29, 1.82) is 0 Å². The van der Waals surface area contributed by atoms with Gasteiger partial charge in [0, 0.05) is 1.37 Å². The minimum absolute atomic E-state index is 0.0396. The Morgan fingerprint density at radius 2 is 2.19 bits per heavy atom. The highest BCUT2D eigenvalue weighted by Crippen LogP contribution is 2.21. The van der Waals surface area contributed by atoms with Crippen LogP contribution in [0, 0.1) is 0 Å². The van der Waals surface area contributed by atoms with Crippen LogP contribution in [-0.2, 0) is 14.3 Å². The molecule has 0 heterocycles. The second kappa shape index (κ2) is 5.64. The fraction of sp³-hybridized carbons (Fsp3) is 0.917. The van der Waals surface area contributed by atoms with E-state index in [0.29, 0.717) is 0 Å². The van der Waals surface area contributed by atoms with Gasteiger partial charge in [0.1, 0.15) is 12.1 Å². The number of rotatable bonds is 4. The molecule has 0 saturated heterocycles. The number of esters is 1. The normalized spacial score (nSPS) is 20.6. The molecule has 2 N–H and O–H groups in total. The van der Waals surface area contributed by atoms with Crippen molar-refractivity contribution in [3.8, 4) is 0 Å². The van der Waals surface area contributed by atoms with Crippen molar-refractivity contribution in [2.75, 3.05) is 6.61 Å². The summed E-state index contributed by atoms with van der Waals surface area (Å²) in [5.41, 5.74) is 5.13. The summed E-state index contributed by atoms with van der Waals surface area (Å²) in [7, 11) is 0. The van der Waals surface area contributed by atoms with Crippen molar-refractivity contribution in [2.24, 2.45) is 5.73 Å². The molecule has 1 rings (SSSR count). The number of hydrogen-bond donors (Lipinski definition) is 1. The molecule has 0 amide bonds. The molecule has 1 atom stereocenters. The van der Waals surface area contributed by atoms with Crippen LogP contribution in [0.5, 0.6) is 0 Å². The van der Waals surface area contributed by atoms with E-state index in [4.69, 9.17) is 16.6 Å². The Balaban J connectivity index is 2.26. The molecule has 4 heteroatoms. The van der Waals surface area contributed by atoms with Crippen LogP contribution in [0.1, 0.15) is 47.8 Å². The van der Waals surface area contributed by atoms with Crippen LogP contribution in [0.25, 0.3) is 0 Å². The summed E-state index contributed by atoms with van der Waals surface area (Å²) >= 11 is 0. The highest BCUT2D eigenvalue weighted by molar-refractivity contribution is 5.75. The lowest BCUT2D eigenvalue weighted by Gasteiger charge is -2.22. The predicted molar refractivity (Wildman–Crippen MR) is 62.0 cm³/mol. The molecule has 0 unspecified atom stereocenters. The number of hydrogen-bond acceptors (Lipinski definition) is 4. The standard InChI is InChI=1S/C12H23NO3/c1-12(2,3)15-8-10(13)11(14)16-9-6-4-5-7-9/h9-10H,4-8,13H2,1-3H3/t10-/m0/s1/i1D. The minimum Gasteiger partial charge on any atom is -0.461 e. The zero-order valence-electron chi connectivity index (χ0n) is 11.2. The number of carbonyl (C=O) groups excluding carboxylic acids is 1. The maximum absolute atomic E-state index is 11.6. The summed E-state index contributed by atoms with van der Waals surface area (Å²) < 4.78 is 17.9. The Kier molecular flexibility index (Phi) is 4.18. The van der Waals surface area contributed by atoms with E-state index in [9.17, 15) is 4.79 Å². The molecule has 1 fully saturated rings. The Morgan fingerprint density at radius 3 is 2.75 bits per heavy atom. The zero-order valence-corrected chi connectivity index (χ0v) is 10.2. The van der Waals surface area contributed by atoms with Crippen LogP contribution in [0.3, 0.4) is 0 Å². The number of ether oxygens (including phenoxy) is 2. The van der Waals surface area contributed by atoms with Crippen molar-refractivity contribution < 1.29 is 15.6 Å². The van der Waals surface area contributed by atoms with Gasteiger partial charge in [0.05, 0.1) is 12.2 Å². The fourth-order valence-electron chi connectivity index (χ4n) is 1.64. The Bertz CT molecular complexity index is 252. The van der Waals surface area contributed by atoms with Crippen LogP contribution in [0.4, 0.5) is 0 Å². The fourth-order valence-corrected chi connectivity index (χ4v) is 1.64. The van der Waals surface area contributed by atoms with Crippen LogP contribution in [-0.4, -0.2) is 30.3 Å². The second-order valence-corrected chi connectivity index (χ2v) is 5.02. The van der Waals surface area contributed by atoms with Crippen molar-refractivity contribution >= 4 is 5.97 Å². The highest BCUT2D eigenvalue weighted by Gasteiger charge is 2.24. The largest absolute Gasteiger partial charge is 0.461 e. The zero-order chi connectivity index (χ0) is 12.9. The Hall–Kier alpha value is -0.610. The highest BCUT2D eigenvalue weighted by atomic mass is 16.6. The minimum atomic E-state index is -0.749. The van der Waals surface area contributed by atoms with E-state index in [1.807, 2.05) is 0 Å². The second-order valence-electron chi connectivity index (χ2n) is 5.02. The molecular weight excluding hydrogens is 206 g/mol. The average Bonchev–Trinajstić information content (AvgIpc) is 2.78. The first-order valence-corrected chi connectivity index (χ1v) is 5.84. The Morgan fingerprint density at radius 1 is 1.56 bits per heavy atom. The van der Waals surface area contributed by atoms with E-state index in [0.717, 1.165) is 25.7 Å². The van der Waals surface area contributed by atoms with Gasteiger partial charge in [-0.25, -0.2) is 0 Å². The molecule has 1 aliphatic carbocycles. The first-order chi connectivity index (χ1) is 7.94. The van der Waals surface area contributed by atoms with E-state index in [2.05, 4.69) is 0 Å². The van der Waals surface area contributed by atoms with Crippen molar-refractivity contribution in [1.82, 2.24) is 0 Å². The molecule has 94 valence electrons. The molecule has 1 aliphatic rings. The van der Waals surface area contributed by atoms with E-state index < -0.39 is 17.6 Å². The smallest absolute Gasteiger partial charge is 0.325 e. The Labute approximate surface area is 98.9 Å². The summed E-state index contributed by atoms with van der Waals surface area (Å²) in [6.07, 6.45) is 4.16. The van der Waals surface area contributed by atoms with Gasteiger partial charge in [-0.3, -0.25) is 4.79 Å². The summed E-state index contributed by atoms with van der Waals surface area (Å²) in [5, 5.41) is 0. The lowest BCUT2D eigenvalue weighted by molar-refractivity contribution is -0.153. The molecule has 0 aromatic carbocycles. The van der Waals surface area contributed by atoms with Crippen LogP contribution >= 0.6 is 0 Å². The van der Waals surface area contributed by atoms with Crippen LogP contribution in [0.2, 0.25) is 0 Å². The van der Waals surface area contributed by atoms with Crippen molar-refractivity contribution in [3.63, 3.8) is 0 Å². The van der Waals surface area contributed by atoms with Gasteiger partial charge in [-0.15, -0.1) is 0 Å². The van der Waals surface area contributed by atoms with Crippen LogP contribution in [0.15, 0.2) is 0 Å². The predicted octanol–water partition coefficient (Wildman–Crippen LogP) is 1.61. The molecule has 0 aliphatic heterocycles. The lowest BCUT2D eigenvalue weighted by Crippen LogP contribution is -2.40. The van der Waals surface area contributed by atoms with Gasteiger partial charge in [-0.05, 0) is 46.4 Å². The van der Waals surface area contributed by atoms with Crippen molar-refractivity contribution in [3.05, 3.63) is 0 Å². The maximum atomic E-state index is 11.6. The first-order valence-electron chi connectivity index (χ1n) is 6.54. The lowest BCUT2D eigenvalue weighted by atomic mass is 10.2. The summed E-state index contributed by atoms with van der Waals surface area (Å²) in [6.45, 7) is 3.85. The molecule has 0 bridgehead atoms. The molecule has 4 nitrogen and oxygen atoms in total. The maximum Gasteiger partial charge on any atom is 0.325 e. The van der Waals surface area contributed by atoms with E-state index >= 15 is 0 Å². The molecular formula is C12H23NO3. The van der Waals surface area contributed by atoms with Gasteiger partial charge in [-0.2, -0.15) is 0 Å². The van der Waals surface area contributed by atoms with E-state index in [-0.39, 0.29) is 19.6 Å². The monoisotopic (exact) mass is 230 g/mol. The average molecular weight is 230 g/mol. The summed E-state index contributed by atoms with van der Waals surface area (Å²) in [5.74, 6) is -0.391. The number of nitrogens with two attached hydrogens (primary N) is 1.